The standard InChI is InChI=1S/C15H24N2S/c1-2-7-16-12-9-13-4-3-5-14(10-12)17(13)15-6-8-18-11-15/h6,8,11-14,16H,2-5,7,9-10H2,1H3. The Morgan fingerprint density at radius 2 is 2.11 bits per heavy atom. The zero-order valence-corrected chi connectivity index (χ0v) is 12.1. The third-order valence-corrected chi connectivity index (χ3v) is 5.13. The number of piperidine rings is 2. The highest BCUT2D eigenvalue weighted by Crippen LogP contribution is 2.38. The van der Waals surface area contributed by atoms with Crippen molar-refractivity contribution in [3.63, 3.8) is 0 Å². The molecule has 0 radical (unpaired) electrons. The van der Waals surface area contributed by atoms with Gasteiger partial charge in [0.15, 0.2) is 0 Å². The lowest BCUT2D eigenvalue weighted by molar-refractivity contribution is 0.246. The minimum Gasteiger partial charge on any atom is -0.365 e. The molecular weight excluding hydrogens is 240 g/mol. The van der Waals surface area contributed by atoms with Gasteiger partial charge in [0.05, 0.1) is 0 Å². The van der Waals surface area contributed by atoms with Crippen LogP contribution < -0.4 is 10.2 Å². The molecule has 3 heteroatoms. The first-order valence-electron chi connectivity index (χ1n) is 7.42. The summed E-state index contributed by atoms with van der Waals surface area (Å²) in [6.45, 7) is 3.44. The molecule has 2 atom stereocenters. The molecule has 0 aliphatic carbocycles. The van der Waals surface area contributed by atoms with Gasteiger partial charge in [0.2, 0.25) is 0 Å². The lowest BCUT2D eigenvalue weighted by Gasteiger charge is -2.50. The molecule has 3 rings (SSSR count). The van der Waals surface area contributed by atoms with Crippen LogP contribution in [-0.4, -0.2) is 24.7 Å². The molecular formula is C15H24N2S. The highest BCUT2D eigenvalue weighted by molar-refractivity contribution is 7.08. The van der Waals surface area contributed by atoms with Crippen LogP contribution in [0.4, 0.5) is 5.69 Å². The molecule has 0 aromatic carbocycles. The predicted molar refractivity (Wildman–Crippen MR) is 79.5 cm³/mol. The van der Waals surface area contributed by atoms with Crippen molar-refractivity contribution in [1.29, 1.82) is 0 Å². The largest absolute Gasteiger partial charge is 0.365 e. The Labute approximate surface area is 114 Å². The Bertz CT molecular complexity index is 349. The summed E-state index contributed by atoms with van der Waals surface area (Å²) in [5.74, 6) is 0. The molecule has 3 heterocycles. The van der Waals surface area contributed by atoms with E-state index in [4.69, 9.17) is 0 Å². The summed E-state index contributed by atoms with van der Waals surface area (Å²) in [6, 6.07) is 4.62. The molecule has 2 saturated heterocycles. The van der Waals surface area contributed by atoms with Gasteiger partial charge in [0.25, 0.3) is 0 Å². The fourth-order valence-corrected chi connectivity index (χ4v) is 4.36. The van der Waals surface area contributed by atoms with Gasteiger partial charge in [0, 0.05) is 29.2 Å². The maximum absolute atomic E-state index is 3.74. The van der Waals surface area contributed by atoms with Crippen LogP contribution in [0.2, 0.25) is 0 Å². The Hall–Kier alpha value is -0.540. The highest BCUT2D eigenvalue weighted by atomic mass is 32.1. The van der Waals surface area contributed by atoms with E-state index in [1.54, 1.807) is 0 Å². The van der Waals surface area contributed by atoms with Gasteiger partial charge in [-0.15, -0.1) is 0 Å². The SMILES string of the molecule is CCCNC1CC2CCCC(C1)N2c1ccsc1. The number of fused-ring (bicyclic) bond motifs is 2. The topological polar surface area (TPSA) is 15.3 Å². The fraction of sp³-hybridized carbons (Fsp3) is 0.733. The van der Waals surface area contributed by atoms with Crippen molar-refractivity contribution in [1.82, 2.24) is 5.32 Å². The van der Waals surface area contributed by atoms with Crippen molar-refractivity contribution >= 4 is 17.0 Å². The zero-order valence-electron chi connectivity index (χ0n) is 11.3. The first kappa shape index (κ1) is 12.5. The smallest absolute Gasteiger partial charge is 0.0479 e. The third kappa shape index (κ3) is 2.43. The van der Waals surface area contributed by atoms with E-state index in [2.05, 4.69) is 34.0 Å². The van der Waals surface area contributed by atoms with E-state index in [1.165, 1.54) is 50.8 Å². The van der Waals surface area contributed by atoms with Crippen molar-refractivity contribution < 1.29 is 0 Å². The molecule has 0 amide bonds. The molecule has 2 unspecified atom stereocenters. The molecule has 1 N–H and O–H groups in total. The molecule has 2 nitrogen and oxygen atoms in total. The number of anilines is 1. The van der Waals surface area contributed by atoms with Gasteiger partial charge in [-0.3, -0.25) is 0 Å². The Kier molecular flexibility index (Phi) is 3.90. The van der Waals surface area contributed by atoms with Gasteiger partial charge < -0.3 is 10.2 Å². The van der Waals surface area contributed by atoms with E-state index in [0.717, 1.165) is 18.1 Å². The number of thiophene rings is 1. The second-order valence-corrected chi connectivity index (χ2v) is 6.53. The average molecular weight is 264 g/mol. The number of hydrogen-bond acceptors (Lipinski definition) is 3. The first-order valence-corrected chi connectivity index (χ1v) is 8.36. The number of rotatable bonds is 4. The second kappa shape index (κ2) is 5.62. The van der Waals surface area contributed by atoms with Gasteiger partial charge in [0.1, 0.15) is 0 Å². The molecule has 2 aliphatic rings. The van der Waals surface area contributed by atoms with E-state index in [-0.39, 0.29) is 0 Å². The van der Waals surface area contributed by atoms with Crippen molar-refractivity contribution in [3.05, 3.63) is 16.8 Å². The van der Waals surface area contributed by atoms with Crippen molar-refractivity contribution in [3.8, 4) is 0 Å². The van der Waals surface area contributed by atoms with E-state index >= 15 is 0 Å². The van der Waals surface area contributed by atoms with Crippen LogP contribution in [0.5, 0.6) is 0 Å². The lowest BCUT2D eigenvalue weighted by Crippen LogP contribution is -2.56. The Morgan fingerprint density at radius 3 is 2.72 bits per heavy atom. The summed E-state index contributed by atoms with van der Waals surface area (Å²) in [7, 11) is 0. The molecule has 1 aromatic heterocycles. The van der Waals surface area contributed by atoms with Crippen LogP contribution in [0.25, 0.3) is 0 Å². The summed E-state index contributed by atoms with van der Waals surface area (Å²) in [4.78, 5) is 2.73. The number of nitrogens with one attached hydrogen (secondary N) is 1. The van der Waals surface area contributed by atoms with Crippen LogP contribution in [0.15, 0.2) is 16.8 Å². The maximum Gasteiger partial charge on any atom is 0.0479 e. The monoisotopic (exact) mass is 264 g/mol. The summed E-state index contributed by atoms with van der Waals surface area (Å²) in [6.07, 6.45) is 8.13. The van der Waals surface area contributed by atoms with Crippen LogP contribution in [-0.2, 0) is 0 Å². The molecule has 0 spiro atoms. The predicted octanol–water partition coefficient (Wildman–Crippen LogP) is 3.64. The molecule has 2 aliphatic heterocycles. The van der Waals surface area contributed by atoms with Crippen molar-refractivity contribution in [2.45, 2.75) is 63.6 Å². The molecule has 2 fully saturated rings. The Morgan fingerprint density at radius 1 is 1.33 bits per heavy atom. The van der Waals surface area contributed by atoms with E-state index in [0.29, 0.717) is 0 Å². The minimum atomic E-state index is 0.759. The highest BCUT2D eigenvalue weighted by Gasteiger charge is 2.38. The molecule has 0 saturated carbocycles. The van der Waals surface area contributed by atoms with Gasteiger partial charge in [-0.1, -0.05) is 6.92 Å². The van der Waals surface area contributed by atoms with Crippen molar-refractivity contribution in [2.75, 3.05) is 11.4 Å². The van der Waals surface area contributed by atoms with E-state index < -0.39 is 0 Å². The summed E-state index contributed by atoms with van der Waals surface area (Å²) < 4.78 is 0. The van der Waals surface area contributed by atoms with Crippen molar-refractivity contribution in [2.24, 2.45) is 0 Å². The molecule has 100 valence electrons. The van der Waals surface area contributed by atoms with E-state index in [1.807, 2.05) is 11.3 Å². The molecule has 1 aromatic rings. The average Bonchev–Trinajstić information content (AvgIpc) is 2.88. The zero-order chi connectivity index (χ0) is 12.4. The van der Waals surface area contributed by atoms with Gasteiger partial charge in [-0.2, -0.15) is 11.3 Å². The van der Waals surface area contributed by atoms with Gasteiger partial charge in [-0.05, 0) is 56.5 Å². The molecule has 2 bridgehead atoms. The number of hydrogen-bond donors (Lipinski definition) is 1. The minimum absolute atomic E-state index is 0.759. The maximum atomic E-state index is 3.74. The third-order valence-electron chi connectivity index (χ3n) is 4.46. The van der Waals surface area contributed by atoms with E-state index in [9.17, 15) is 0 Å². The van der Waals surface area contributed by atoms with Crippen LogP contribution in [0.1, 0.15) is 45.4 Å². The van der Waals surface area contributed by atoms with Crippen LogP contribution in [0, 0.1) is 0 Å². The van der Waals surface area contributed by atoms with Crippen LogP contribution in [0.3, 0.4) is 0 Å². The summed E-state index contributed by atoms with van der Waals surface area (Å²) >= 11 is 1.83. The summed E-state index contributed by atoms with van der Waals surface area (Å²) in [5.41, 5.74) is 1.48. The quantitative estimate of drug-likeness (QED) is 0.893. The first-order chi connectivity index (χ1) is 8.88. The van der Waals surface area contributed by atoms with Crippen LogP contribution >= 0.6 is 11.3 Å². The normalized spacial score (nSPS) is 31.6. The Balaban J connectivity index is 1.71. The van der Waals surface area contributed by atoms with Gasteiger partial charge >= 0.3 is 0 Å². The fourth-order valence-electron chi connectivity index (χ4n) is 3.72. The molecule has 18 heavy (non-hydrogen) atoms. The second-order valence-electron chi connectivity index (χ2n) is 5.75. The lowest BCUT2D eigenvalue weighted by atomic mass is 9.81. The summed E-state index contributed by atoms with van der Waals surface area (Å²) in [5, 5.41) is 8.28. The van der Waals surface area contributed by atoms with Gasteiger partial charge in [-0.25, -0.2) is 0 Å². The number of nitrogens with zero attached hydrogens (tertiary/aromatic N) is 1.